The summed E-state index contributed by atoms with van der Waals surface area (Å²) in [6.07, 6.45) is 3.14. The molecule has 2 amide bonds. The van der Waals surface area contributed by atoms with Crippen molar-refractivity contribution < 1.29 is 9.59 Å². The summed E-state index contributed by atoms with van der Waals surface area (Å²) in [4.78, 5) is 26.8. The minimum absolute atomic E-state index is 0.0147. The number of thioether (sulfide) groups is 1. The summed E-state index contributed by atoms with van der Waals surface area (Å²) in [6, 6.07) is -0.0605. The first-order valence-corrected chi connectivity index (χ1v) is 7.92. The van der Waals surface area contributed by atoms with Gasteiger partial charge in [-0.05, 0) is 44.8 Å². The molecule has 0 aromatic rings. The first-order chi connectivity index (χ1) is 8.54. The van der Waals surface area contributed by atoms with Crippen molar-refractivity contribution in [1.29, 1.82) is 0 Å². The van der Waals surface area contributed by atoms with E-state index in [1.54, 1.807) is 0 Å². The van der Waals surface area contributed by atoms with Crippen molar-refractivity contribution in [2.45, 2.75) is 50.7 Å². The molecule has 0 radical (unpaired) electrons. The van der Waals surface area contributed by atoms with Crippen LogP contribution in [-0.4, -0.2) is 45.8 Å². The van der Waals surface area contributed by atoms with E-state index in [4.69, 9.17) is 0 Å². The Kier molecular flexibility index (Phi) is 2.84. The third-order valence-electron chi connectivity index (χ3n) is 4.55. The van der Waals surface area contributed by atoms with Crippen LogP contribution in [0.2, 0.25) is 0 Å². The zero-order valence-electron chi connectivity index (χ0n) is 10.9. The van der Waals surface area contributed by atoms with Gasteiger partial charge in [0.2, 0.25) is 11.8 Å². The number of rotatable bonds is 2. The van der Waals surface area contributed by atoms with Crippen LogP contribution in [0.5, 0.6) is 0 Å². The van der Waals surface area contributed by atoms with Crippen molar-refractivity contribution in [3.05, 3.63) is 0 Å². The number of nitrogens with one attached hydrogen (secondary N) is 1. The number of carbonyl (C=O) groups is 2. The van der Waals surface area contributed by atoms with Crippen LogP contribution in [0.1, 0.15) is 33.1 Å². The molecular weight excluding hydrogens is 248 g/mol. The second kappa shape index (κ2) is 4.15. The van der Waals surface area contributed by atoms with E-state index in [0.717, 1.165) is 30.8 Å². The SMILES string of the molecule is CC1C(=O)NC(C)(C2CC2)C(=O)N1C1CCSC1. The van der Waals surface area contributed by atoms with E-state index in [1.165, 1.54) is 0 Å². The third kappa shape index (κ3) is 1.75. The Morgan fingerprint density at radius 2 is 2.06 bits per heavy atom. The Balaban J connectivity index is 1.89. The van der Waals surface area contributed by atoms with Gasteiger partial charge >= 0.3 is 0 Å². The molecule has 2 aliphatic heterocycles. The molecule has 1 saturated carbocycles. The smallest absolute Gasteiger partial charge is 0.249 e. The van der Waals surface area contributed by atoms with Crippen molar-refractivity contribution in [3.8, 4) is 0 Å². The molecule has 2 saturated heterocycles. The Morgan fingerprint density at radius 1 is 1.33 bits per heavy atom. The van der Waals surface area contributed by atoms with Gasteiger partial charge in [0.05, 0.1) is 0 Å². The molecule has 0 bridgehead atoms. The maximum absolute atomic E-state index is 12.8. The predicted molar refractivity (Wildman–Crippen MR) is 71.3 cm³/mol. The zero-order valence-corrected chi connectivity index (χ0v) is 11.8. The highest BCUT2D eigenvalue weighted by Crippen LogP contribution is 2.43. The molecule has 3 atom stereocenters. The number of amides is 2. The number of nitrogens with zero attached hydrogens (tertiary/aromatic N) is 1. The van der Waals surface area contributed by atoms with Crippen molar-refractivity contribution in [1.82, 2.24) is 10.2 Å². The van der Waals surface area contributed by atoms with Crippen LogP contribution in [0.15, 0.2) is 0 Å². The highest BCUT2D eigenvalue weighted by Gasteiger charge is 2.55. The van der Waals surface area contributed by atoms with Crippen LogP contribution in [0.4, 0.5) is 0 Å². The lowest BCUT2D eigenvalue weighted by Crippen LogP contribution is -2.71. The molecule has 3 fully saturated rings. The van der Waals surface area contributed by atoms with E-state index in [0.29, 0.717) is 5.92 Å². The fourth-order valence-electron chi connectivity index (χ4n) is 3.15. The molecule has 3 rings (SSSR count). The molecule has 4 nitrogen and oxygen atoms in total. The van der Waals surface area contributed by atoms with E-state index in [9.17, 15) is 9.59 Å². The predicted octanol–water partition coefficient (Wildman–Crippen LogP) is 1.01. The summed E-state index contributed by atoms with van der Waals surface area (Å²) < 4.78 is 0. The molecule has 0 aromatic carbocycles. The van der Waals surface area contributed by atoms with Gasteiger partial charge in [-0.15, -0.1) is 0 Å². The van der Waals surface area contributed by atoms with Gasteiger partial charge < -0.3 is 10.2 Å². The Hall–Kier alpha value is -0.710. The molecule has 3 aliphatic rings. The molecule has 5 heteroatoms. The quantitative estimate of drug-likeness (QED) is 0.813. The summed E-state index contributed by atoms with van der Waals surface area (Å²) in [6.45, 7) is 3.76. The average molecular weight is 268 g/mol. The second-order valence-corrected chi connectivity index (χ2v) is 7.02. The zero-order chi connectivity index (χ0) is 12.9. The summed E-state index contributed by atoms with van der Waals surface area (Å²) in [5.41, 5.74) is -0.642. The van der Waals surface area contributed by atoms with Gasteiger partial charge in [0.25, 0.3) is 0 Å². The fraction of sp³-hybridized carbons (Fsp3) is 0.846. The third-order valence-corrected chi connectivity index (χ3v) is 5.70. The maximum Gasteiger partial charge on any atom is 0.249 e. The van der Waals surface area contributed by atoms with Gasteiger partial charge in [-0.2, -0.15) is 11.8 Å². The molecule has 2 heterocycles. The number of hydrogen-bond donors (Lipinski definition) is 1. The summed E-state index contributed by atoms with van der Waals surface area (Å²) >= 11 is 1.88. The van der Waals surface area contributed by atoms with E-state index in [1.807, 2.05) is 30.5 Å². The van der Waals surface area contributed by atoms with E-state index >= 15 is 0 Å². The summed E-state index contributed by atoms with van der Waals surface area (Å²) in [5.74, 6) is 2.58. The van der Waals surface area contributed by atoms with Gasteiger partial charge in [0, 0.05) is 11.8 Å². The Bertz CT molecular complexity index is 390. The highest BCUT2D eigenvalue weighted by atomic mass is 32.2. The van der Waals surface area contributed by atoms with Crippen molar-refractivity contribution in [2.75, 3.05) is 11.5 Å². The van der Waals surface area contributed by atoms with Crippen molar-refractivity contribution >= 4 is 23.6 Å². The van der Waals surface area contributed by atoms with E-state index in [-0.39, 0.29) is 23.9 Å². The molecule has 100 valence electrons. The van der Waals surface area contributed by atoms with Crippen LogP contribution < -0.4 is 5.32 Å². The maximum atomic E-state index is 12.8. The summed E-state index contributed by atoms with van der Waals surface area (Å²) in [5, 5.41) is 2.97. The van der Waals surface area contributed by atoms with Crippen LogP contribution >= 0.6 is 11.8 Å². The average Bonchev–Trinajstić information content (AvgIpc) is 3.06. The summed E-state index contributed by atoms with van der Waals surface area (Å²) in [7, 11) is 0. The molecule has 1 N–H and O–H groups in total. The van der Waals surface area contributed by atoms with Crippen molar-refractivity contribution in [2.24, 2.45) is 5.92 Å². The van der Waals surface area contributed by atoms with Gasteiger partial charge in [0.15, 0.2) is 0 Å². The van der Waals surface area contributed by atoms with Gasteiger partial charge in [-0.25, -0.2) is 0 Å². The molecule has 3 unspecified atom stereocenters. The first kappa shape index (κ1) is 12.3. The monoisotopic (exact) mass is 268 g/mol. The van der Waals surface area contributed by atoms with Crippen molar-refractivity contribution in [3.63, 3.8) is 0 Å². The Morgan fingerprint density at radius 3 is 2.61 bits per heavy atom. The van der Waals surface area contributed by atoms with E-state index < -0.39 is 5.54 Å². The second-order valence-electron chi connectivity index (χ2n) is 5.87. The highest BCUT2D eigenvalue weighted by molar-refractivity contribution is 7.99. The van der Waals surface area contributed by atoms with Crippen LogP contribution in [0.25, 0.3) is 0 Å². The minimum Gasteiger partial charge on any atom is -0.340 e. The molecule has 0 aromatic heterocycles. The number of hydrogen-bond acceptors (Lipinski definition) is 3. The van der Waals surface area contributed by atoms with Crippen LogP contribution in [-0.2, 0) is 9.59 Å². The Labute approximate surface area is 112 Å². The van der Waals surface area contributed by atoms with Gasteiger partial charge in [0.1, 0.15) is 11.6 Å². The van der Waals surface area contributed by atoms with E-state index in [2.05, 4.69) is 5.32 Å². The molecule has 18 heavy (non-hydrogen) atoms. The van der Waals surface area contributed by atoms with Crippen LogP contribution in [0.3, 0.4) is 0 Å². The normalized spacial score (nSPS) is 41.1. The van der Waals surface area contributed by atoms with Gasteiger partial charge in [-0.3, -0.25) is 9.59 Å². The largest absolute Gasteiger partial charge is 0.340 e. The molecule has 0 spiro atoms. The lowest BCUT2D eigenvalue weighted by molar-refractivity contribution is -0.156. The molecule has 1 aliphatic carbocycles. The number of carbonyl (C=O) groups excluding carboxylic acids is 2. The minimum atomic E-state index is -0.642. The van der Waals surface area contributed by atoms with Gasteiger partial charge in [-0.1, -0.05) is 0 Å². The number of piperazine rings is 1. The standard InChI is InChI=1S/C13H20N2O2S/c1-8-11(16)14-13(2,9-3-4-9)12(17)15(8)10-5-6-18-7-10/h8-10H,3-7H2,1-2H3,(H,14,16). The molecular formula is C13H20N2O2S. The topological polar surface area (TPSA) is 49.4 Å². The lowest BCUT2D eigenvalue weighted by Gasteiger charge is -2.46. The lowest BCUT2D eigenvalue weighted by atomic mass is 9.88. The fourth-order valence-corrected chi connectivity index (χ4v) is 4.35. The first-order valence-electron chi connectivity index (χ1n) is 6.76. The van der Waals surface area contributed by atoms with Crippen LogP contribution in [0, 0.1) is 5.92 Å².